The Balaban J connectivity index is 1.49. The van der Waals surface area contributed by atoms with Gasteiger partial charge in [-0.2, -0.15) is 0 Å². The maximum Gasteiger partial charge on any atom is 0.297 e. The number of carbonyl (C=O) groups excluding carboxylic acids is 1. The number of anilines is 1. The molecule has 226 valence electrons. The van der Waals surface area contributed by atoms with E-state index in [0.717, 1.165) is 11.1 Å². The number of halogens is 1. The molecule has 5 aromatic rings. The van der Waals surface area contributed by atoms with Gasteiger partial charge in [0.15, 0.2) is 11.3 Å². The summed E-state index contributed by atoms with van der Waals surface area (Å²) in [6, 6.07) is 18.4. The van der Waals surface area contributed by atoms with E-state index in [0.29, 0.717) is 48.3 Å². The van der Waals surface area contributed by atoms with Gasteiger partial charge in [-0.15, -0.1) is 0 Å². The van der Waals surface area contributed by atoms with E-state index in [1.807, 2.05) is 36.0 Å². The molecule has 0 fully saturated rings. The number of carbonyl (C=O) groups is 1. The Morgan fingerprint density at radius 3 is 2.52 bits per heavy atom. The minimum Gasteiger partial charge on any atom is -0.501 e. The molecule has 44 heavy (non-hydrogen) atoms. The smallest absolute Gasteiger partial charge is 0.297 e. The molecule has 11 heteroatoms. The van der Waals surface area contributed by atoms with Gasteiger partial charge in [-0.3, -0.25) is 14.2 Å². The van der Waals surface area contributed by atoms with Crippen LogP contribution < -0.4 is 10.5 Å². The number of nitrogens with zero attached hydrogens (tertiary/aromatic N) is 6. The lowest BCUT2D eigenvalue weighted by atomic mass is 9.86. The van der Waals surface area contributed by atoms with Gasteiger partial charge in [0.05, 0.1) is 6.04 Å². The number of aromatic nitrogens is 3. The number of hydrogen-bond acceptors (Lipinski definition) is 8. The van der Waals surface area contributed by atoms with Gasteiger partial charge in [0.25, 0.3) is 17.4 Å². The Labute approximate surface area is 253 Å². The topological polar surface area (TPSA) is 108 Å². The molecule has 2 aromatic heterocycles. The van der Waals surface area contributed by atoms with Crippen molar-refractivity contribution in [3.8, 4) is 17.3 Å². The molecule has 0 saturated heterocycles. The van der Waals surface area contributed by atoms with Crippen molar-refractivity contribution in [2.75, 3.05) is 45.7 Å². The average molecular weight is 597 g/mol. The van der Waals surface area contributed by atoms with Crippen LogP contribution in [0.15, 0.2) is 75.9 Å². The van der Waals surface area contributed by atoms with Gasteiger partial charge in [-0.1, -0.05) is 36.4 Å². The second-order valence-corrected chi connectivity index (χ2v) is 11.3. The molecule has 0 bridgehead atoms. The third-order valence-corrected chi connectivity index (χ3v) is 8.05. The molecule has 1 amide bonds. The van der Waals surface area contributed by atoms with Gasteiger partial charge < -0.3 is 24.2 Å². The summed E-state index contributed by atoms with van der Waals surface area (Å²) in [6.07, 6.45) is 0.556. The first kappa shape index (κ1) is 29.1. The summed E-state index contributed by atoms with van der Waals surface area (Å²) >= 11 is 0. The van der Waals surface area contributed by atoms with Gasteiger partial charge in [0.1, 0.15) is 11.3 Å². The summed E-state index contributed by atoms with van der Waals surface area (Å²) in [4.78, 5) is 41.5. The maximum atomic E-state index is 15.6. The monoisotopic (exact) mass is 596 g/mol. The van der Waals surface area contributed by atoms with Gasteiger partial charge in [0.2, 0.25) is 11.7 Å². The summed E-state index contributed by atoms with van der Waals surface area (Å²) in [6.45, 7) is 1.64. The van der Waals surface area contributed by atoms with Gasteiger partial charge in [-0.25, -0.2) is 14.4 Å². The quantitative estimate of drug-likeness (QED) is 0.298. The molecule has 1 atom stereocenters. The number of oxazole rings is 1. The van der Waals surface area contributed by atoms with Crippen LogP contribution in [0.3, 0.4) is 0 Å². The normalized spacial score (nSPS) is 14.7. The Hall–Kier alpha value is -5.03. The van der Waals surface area contributed by atoms with Crippen molar-refractivity contribution in [2.24, 2.45) is 7.05 Å². The maximum absolute atomic E-state index is 15.6. The molecular formula is C33H33FN6O4. The number of amides is 1. The number of aromatic hydroxyl groups is 1. The molecular weight excluding hydrogens is 563 g/mol. The molecule has 6 rings (SSSR count). The van der Waals surface area contributed by atoms with Crippen LogP contribution in [0.25, 0.3) is 22.7 Å². The molecule has 0 unspecified atom stereocenters. The summed E-state index contributed by atoms with van der Waals surface area (Å²) < 4.78 is 22.7. The Bertz CT molecular complexity index is 1900. The van der Waals surface area contributed by atoms with E-state index in [2.05, 4.69) is 4.98 Å². The summed E-state index contributed by atoms with van der Waals surface area (Å²) in [5, 5.41) is 10.9. The number of rotatable bonds is 7. The van der Waals surface area contributed by atoms with Gasteiger partial charge in [0, 0.05) is 44.9 Å². The molecule has 10 nitrogen and oxygen atoms in total. The molecule has 3 heterocycles. The lowest BCUT2D eigenvalue weighted by Gasteiger charge is -2.39. The fourth-order valence-electron chi connectivity index (χ4n) is 5.63. The van der Waals surface area contributed by atoms with E-state index in [1.54, 1.807) is 60.5 Å². The Morgan fingerprint density at radius 2 is 1.77 bits per heavy atom. The first-order valence-corrected chi connectivity index (χ1v) is 14.3. The van der Waals surface area contributed by atoms with E-state index in [-0.39, 0.29) is 23.4 Å². The predicted octanol–water partition coefficient (Wildman–Crippen LogP) is 4.22. The lowest BCUT2D eigenvalue weighted by Crippen LogP contribution is -2.41. The highest BCUT2D eigenvalue weighted by molar-refractivity contribution is 5.94. The van der Waals surface area contributed by atoms with Crippen LogP contribution in [0.2, 0.25) is 0 Å². The molecule has 0 saturated carbocycles. The van der Waals surface area contributed by atoms with E-state index in [9.17, 15) is 14.7 Å². The summed E-state index contributed by atoms with van der Waals surface area (Å²) in [5.41, 5.74) is 2.77. The molecule has 1 aliphatic rings. The summed E-state index contributed by atoms with van der Waals surface area (Å²) in [5.74, 6) is -0.984. The number of likely N-dealkylation sites (N-methyl/N-ethyl adjacent to an activating group) is 2. The van der Waals surface area contributed by atoms with E-state index in [1.165, 1.54) is 17.7 Å². The fraction of sp³-hybridized carbons (Fsp3) is 0.273. The number of hydrogen-bond donors (Lipinski definition) is 1. The van der Waals surface area contributed by atoms with Crippen molar-refractivity contribution in [1.29, 1.82) is 0 Å². The zero-order chi connectivity index (χ0) is 31.1. The van der Waals surface area contributed by atoms with Crippen molar-refractivity contribution in [1.82, 2.24) is 24.3 Å². The van der Waals surface area contributed by atoms with Crippen molar-refractivity contribution in [3.63, 3.8) is 0 Å². The lowest BCUT2D eigenvalue weighted by molar-refractivity contribution is 0.0786. The molecule has 1 N–H and O–H groups in total. The largest absolute Gasteiger partial charge is 0.501 e. The minimum atomic E-state index is -0.723. The van der Waals surface area contributed by atoms with Gasteiger partial charge >= 0.3 is 0 Å². The second kappa shape index (κ2) is 11.6. The molecule has 3 aromatic carbocycles. The van der Waals surface area contributed by atoms with Crippen molar-refractivity contribution in [3.05, 3.63) is 105 Å². The third-order valence-electron chi connectivity index (χ3n) is 8.05. The van der Waals surface area contributed by atoms with E-state index < -0.39 is 23.2 Å². The van der Waals surface area contributed by atoms with Crippen LogP contribution in [0.1, 0.15) is 33.1 Å². The molecule has 1 aliphatic heterocycles. The zero-order valence-corrected chi connectivity index (χ0v) is 25.0. The van der Waals surface area contributed by atoms with Crippen LogP contribution in [-0.4, -0.2) is 76.1 Å². The fourth-order valence-corrected chi connectivity index (χ4v) is 5.63. The van der Waals surface area contributed by atoms with Crippen LogP contribution in [0.4, 0.5) is 10.3 Å². The Kier molecular flexibility index (Phi) is 7.64. The number of para-hydroxylation sites is 2. The first-order valence-electron chi connectivity index (χ1n) is 14.3. The van der Waals surface area contributed by atoms with Crippen molar-refractivity contribution < 1.29 is 18.7 Å². The number of benzene rings is 3. The van der Waals surface area contributed by atoms with E-state index >= 15 is 4.39 Å². The predicted molar refractivity (Wildman–Crippen MR) is 165 cm³/mol. The first-order chi connectivity index (χ1) is 21.1. The summed E-state index contributed by atoms with van der Waals surface area (Å²) in [7, 11) is 7.17. The highest BCUT2D eigenvalue weighted by atomic mass is 19.1. The van der Waals surface area contributed by atoms with Crippen molar-refractivity contribution >= 4 is 23.0 Å². The van der Waals surface area contributed by atoms with Gasteiger partial charge in [-0.05, 0) is 62.0 Å². The highest BCUT2D eigenvalue weighted by Gasteiger charge is 2.35. The third kappa shape index (κ3) is 5.19. The van der Waals surface area contributed by atoms with Crippen LogP contribution >= 0.6 is 0 Å². The average Bonchev–Trinajstić information content (AvgIpc) is 3.46. The second-order valence-electron chi connectivity index (χ2n) is 11.3. The minimum absolute atomic E-state index is 0.00357. The molecule has 0 spiro atoms. The highest BCUT2D eigenvalue weighted by Crippen LogP contribution is 2.40. The van der Waals surface area contributed by atoms with Crippen LogP contribution in [0, 0.1) is 5.82 Å². The molecule has 0 aliphatic carbocycles. The zero-order valence-electron chi connectivity index (χ0n) is 25.0. The SMILES string of the molecule is CN(C)CCN(C)C(=O)c1ccc2c(c1)[C@H](c1ccccc1F)N(c1nc(-c3nc4ccccc4o3)c(O)c(=O)n1C)CC2. The van der Waals surface area contributed by atoms with Crippen molar-refractivity contribution in [2.45, 2.75) is 12.5 Å². The Morgan fingerprint density at radius 1 is 1.02 bits per heavy atom. The van der Waals surface area contributed by atoms with E-state index in [4.69, 9.17) is 9.40 Å². The standard InChI is InChI=1S/C33H33FN6O4/c1-37(2)17-18-38(3)31(42)21-14-13-20-15-16-40(28(23(20)19-21)22-9-5-6-10-24(22)34)33-36-27(29(41)32(43)39(33)4)30-35-25-11-7-8-12-26(25)44-30/h5-14,19,28,41H,15-18H2,1-4H3/t28-/m0/s1. The van der Waals surface area contributed by atoms with Crippen LogP contribution in [0.5, 0.6) is 5.75 Å². The number of fused-ring (bicyclic) bond motifs is 2. The molecule has 0 radical (unpaired) electrons. The van der Waals surface area contributed by atoms with Crippen LogP contribution in [-0.2, 0) is 13.5 Å².